The number of hydrogen-bond donors (Lipinski definition) is 1. The Hall–Kier alpha value is -3.90. The van der Waals surface area contributed by atoms with Crippen molar-refractivity contribution in [1.82, 2.24) is 9.88 Å². The van der Waals surface area contributed by atoms with Crippen molar-refractivity contribution in [2.45, 2.75) is 18.4 Å². The summed E-state index contributed by atoms with van der Waals surface area (Å²) >= 11 is 1.22. The first-order chi connectivity index (χ1) is 16.4. The lowest BCUT2D eigenvalue weighted by atomic mass is 10.1. The average molecular weight is 515 g/mol. The molecular formula is C23H22N4O6S2. The zero-order valence-corrected chi connectivity index (χ0v) is 20.7. The van der Waals surface area contributed by atoms with Crippen LogP contribution in [0.25, 0.3) is 12.2 Å². The Kier molecular flexibility index (Phi) is 7.77. The smallest absolute Gasteiger partial charge is 0.269 e. The Morgan fingerprint density at radius 3 is 2.29 bits per heavy atom. The summed E-state index contributed by atoms with van der Waals surface area (Å²) in [6.45, 7) is 1.55. The molecule has 1 aromatic heterocycles. The minimum absolute atomic E-state index is 0.0193. The van der Waals surface area contributed by atoms with E-state index < -0.39 is 14.8 Å². The SMILES string of the molecule is CC(=O)Nc1nc(C=Cc2ccc([N+](=O)[O-])cc2)c(CN(C)C(=O)c2ccc(S(C)(=O)=O)cc2)s1. The summed E-state index contributed by atoms with van der Waals surface area (Å²) in [7, 11) is -1.76. The molecule has 0 saturated carbocycles. The molecule has 0 aliphatic carbocycles. The number of benzene rings is 2. The zero-order chi connectivity index (χ0) is 25.8. The van der Waals surface area contributed by atoms with Crippen molar-refractivity contribution in [1.29, 1.82) is 0 Å². The van der Waals surface area contributed by atoms with Crippen LogP contribution in [0.4, 0.5) is 10.8 Å². The third-order valence-electron chi connectivity index (χ3n) is 4.80. The average Bonchev–Trinajstić information content (AvgIpc) is 3.16. The van der Waals surface area contributed by atoms with Crippen LogP contribution in [0, 0.1) is 10.1 Å². The minimum Gasteiger partial charge on any atom is -0.336 e. The van der Waals surface area contributed by atoms with E-state index in [1.807, 2.05) is 0 Å². The summed E-state index contributed by atoms with van der Waals surface area (Å²) in [6, 6.07) is 11.7. The molecule has 10 nitrogen and oxygen atoms in total. The number of aromatic nitrogens is 1. The van der Waals surface area contributed by atoms with Crippen molar-refractivity contribution in [2.24, 2.45) is 0 Å². The van der Waals surface area contributed by atoms with Crippen molar-refractivity contribution in [3.8, 4) is 0 Å². The predicted molar refractivity (Wildman–Crippen MR) is 134 cm³/mol. The zero-order valence-electron chi connectivity index (χ0n) is 19.1. The van der Waals surface area contributed by atoms with Crippen molar-refractivity contribution in [3.05, 3.63) is 80.3 Å². The summed E-state index contributed by atoms with van der Waals surface area (Å²) in [6.07, 6.45) is 4.53. The van der Waals surface area contributed by atoms with E-state index in [1.165, 1.54) is 59.6 Å². The number of carbonyl (C=O) groups is 2. The maximum Gasteiger partial charge on any atom is 0.269 e. The van der Waals surface area contributed by atoms with Crippen LogP contribution in [0.15, 0.2) is 53.4 Å². The fourth-order valence-electron chi connectivity index (χ4n) is 3.05. The van der Waals surface area contributed by atoms with Crippen LogP contribution in [-0.4, -0.2) is 48.3 Å². The molecule has 0 aliphatic heterocycles. The molecule has 1 N–H and O–H groups in total. The second kappa shape index (κ2) is 10.6. The van der Waals surface area contributed by atoms with E-state index in [9.17, 15) is 28.1 Å². The van der Waals surface area contributed by atoms with E-state index in [1.54, 1.807) is 31.3 Å². The molecule has 3 aromatic rings. The number of amides is 2. The molecule has 0 aliphatic rings. The highest BCUT2D eigenvalue weighted by molar-refractivity contribution is 7.90. The highest BCUT2D eigenvalue weighted by Gasteiger charge is 2.18. The van der Waals surface area contributed by atoms with E-state index >= 15 is 0 Å². The van der Waals surface area contributed by atoms with Crippen molar-refractivity contribution in [3.63, 3.8) is 0 Å². The molecule has 0 unspecified atom stereocenters. The second-order valence-electron chi connectivity index (χ2n) is 7.65. The maximum absolute atomic E-state index is 12.9. The molecule has 2 aromatic carbocycles. The molecule has 2 amide bonds. The topological polar surface area (TPSA) is 140 Å². The Morgan fingerprint density at radius 2 is 1.74 bits per heavy atom. The van der Waals surface area contributed by atoms with Crippen LogP contribution in [0.5, 0.6) is 0 Å². The maximum atomic E-state index is 12.9. The number of rotatable bonds is 8. The van der Waals surface area contributed by atoms with Gasteiger partial charge in [-0.3, -0.25) is 19.7 Å². The van der Waals surface area contributed by atoms with Crippen molar-refractivity contribution < 1.29 is 22.9 Å². The summed E-state index contributed by atoms with van der Waals surface area (Å²) in [5.74, 6) is -0.601. The number of nitro benzene ring substituents is 1. The lowest BCUT2D eigenvalue weighted by Crippen LogP contribution is -2.26. The Labute approximate surface area is 206 Å². The Morgan fingerprint density at radius 1 is 1.11 bits per heavy atom. The van der Waals surface area contributed by atoms with Gasteiger partial charge in [0, 0.05) is 37.9 Å². The first kappa shape index (κ1) is 25.7. The third-order valence-corrected chi connectivity index (χ3v) is 6.90. The van der Waals surface area contributed by atoms with Gasteiger partial charge < -0.3 is 10.2 Å². The van der Waals surface area contributed by atoms with E-state index in [0.717, 1.165) is 6.26 Å². The molecular weight excluding hydrogens is 492 g/mol. The largest absolute Gasteiger partial charge is 0.336 e. The van der Waals surface area contributed by atoms with Gasteiger partial charge in [-0.05, 0) is 48.0 Å². The fraction of sp³-hybridized carbons (Fsp3) is 0.174. The second-order valence-corrected chi connectivity index (χ2v) is 10.7. The first-order valence-corrected chi connectivity index (χ1v) is 12.9. The summed E-state index contributed by atoms with van der Waals surface area (Å²) in [5.41, 5.74) is 1.55. The molecule has 0 radical (unpaired) electrons. The molecule has 35 heavy (non-hydrogen) atoms. The first-order valence-electron chi connectivity index (χ1n) is 10.2. The van der Waals surface area contributed by atoms with E-state index in [-0.39, 0.29) is 28.9 Å². The molecule has 1 heterocycles. The minimum atomic E-state index is -3.37. The third kappa shape index (κ3) is 6.80. The number of carbonyl (C=O) groups excluding carboxylic acids is 2. The summed E-state index contributed by atoms with van der Waals surface area (Å²) < 4.78 is 23.3. The monoisotopic (exact) mass is 514 g/mol. The van der Waals surface area contributed by atoms with Gasteiger partial charge in [-0.1, -0.05) is 17.4 Å². The van der Waals surface area contributed by atoms with Crippen LogP contribution >= 0.6 is 11.3 Å². The van der Waals surface area contributed by atoms with Crippen molar-refractivity contribution in [2.75, 3.05) is 18.6 Å². The van der Waals surface area contributed by atoms with E-state index in [0.29, 0.717) is 26.8 Å². The number of nitrogens with zero attached hydrogens (tertiary/aromatic N) is 3. The van der Waals surface area contributed by atoms with Gasteiger partial charge in [0.2, 0.25) is 5.91 Å². The van der Waals surface area contributed by atoms with Crippen LogP contribution < -0.4 is 5.32 Å². The summed E-state index contributed by atoms with van der Waals surface area (Å²) in [5, 5.41) is 13.8. The molecule has 0 spiro atoms. The normalized spacial score (nSPS) is 11.4. The lowest BCUT2D eigenvalue weighted by Gasteiger charge is -2.16. The number of nitrogens with one attached hydrogen (secondary N) is 1. The molecule has 0 bridgehead atoms. The van der Waals surface area contributed by atoms with Crippen LogP contribution in [-0.2, 0) is 21.2 Å². The van der Waals surface area contributed by atoms with Gasteiger partial charge in [-0.25, -0.2) is 13.4 Å². The number of non-ortho nitro benzene ring substituents is 1. The number of sulfone groups is 1. The van der Waals surface area contributed by atoms with E-state index in [2.05, 4.69) is 10.3 Å². The highest BCUT2D eigenvalue weighted by Crippen LogP contribution is 2.27. The number of hydrogen-bond acceptors (Lipinski definition) is 8. The molecule has 3 rings (SSSR count). The van der Waals surface area contributed by atoms with E-state index in [4.69, 9.17) is 0 Å². The standard InChI is InChI=1S/C23H22N4O6S2/c1-15(28)24-23-25-20(13-6-16-4-9-18(10-5-16)27(30)31)21(34-23)14-26(2)22(29)17-7-11-19(12-8-17)35(3,32)33/h4-13H,14H2,1-3H3,(H,24,25,28). The molecule has 0 fully saturated rings. The number of nitro groups is 1. The van der Waals surface area contributed by atoms with Gasteiger partial charge in [-0.2, -0.15) is 0 Å². The van der Waals surface area contributed by atoms with Gasteiger partial charge in [0.15, 0.2) is 15.0 Å². The number of thiazole rings is 1. The quantitative estimate of drug-likeness (QED) is 0.356. The van der Waals surface area contributed by atoms with Gasteiger partial charge in [0.25, 0.3) is 11.6 Å². The highest BCUT2D eigenvalue weighted by atomic mass is 32.2. The van der Waals surface area contributed by atoms with Gasteiger partial charge in [0.1, 0.15) is 0 Å². The molecule has 182 valence electrons. The predicted octanol–water partition coefficient (Wildman–Crippen LogP) is 3.86. The van der Waals surface area contributed by atoms with Crippen molar-refractivity contribution >= 4 is 56.0 Å². The van der Waals surface area contributed by atoms with Gasteiger partial charge >= 0.3 is 0 Å². The van der Waals surface area contributed by atoms with Gasteiger partial charge in [0.05, 0.1) is 26.9 Å². The van der Waals surface area contributed by atoms with Crippen LogP contribution in [0.3, 0.4) is 0 Å². The van der Waals surface area contributed by atoms with Crippen LogP contribution in [0.2, 0.25) is 0 Å². The van der Waals surface area contributed by atoms with Crippen LogP contribution in [0.1, 0.15) is 33.4 Å². The molecule has 12 heteroatoms. The fourth-order valence-corrected chi connectivity index (χ4v) is 4.72. The Balaban J connectivity index is 1.83. The lowest BCUT2D eigenvalue weighted by molar-refractivity contribution is -0.384. The summed E-state index contributed by atoms with van der Waals surface area (Å²) in [4.78, 5) is 41.4. The van der Waals surface area contributed by atoms with Gasteiger partial charge in [-0.15, -0.1) is 0 Å². The molecule has 0 saturated heterocycles. The number of anilines is 1. The molecule has 0 atom stereocenters. The Bertz CT molecular complexity index is 1390.